The molecule has 0 spiro atoms. The molecule has 1 aliphatic carbocycles. The summed E-state index contributed by atoms with van der Waals surface area (Å²) in [5.74, 6) is 0.735. The molecule has 4 nitrogen and oxygen atoms in total. The van der Waals surface area contributed by atoms with Gasteiger partial charge in [0.15, 0.2) is 0 Å². The van der Waals surface area contributed by atoms with Crippen LogP contribution < -0.4 is 5.32 Å². The zero-order valence-corrected chi connectivity index (χ0v) is 12.0. The van der Waals surface area contributed by atoms with E-state index in [1.54, 1.807) is 7.11 Å². The Kier molecular flexibility index (Phi) is 6.11. The molecule has 0 aromatic carbocycles. The Morgan fingerprint density at radius 3 is 2.79 bits per heavy atom. The molecule has 19 heavy (non-hydrogen) atoms. The predicted octanol–water partition coefficient (Wildman–Crippen LogP) is 2.27. The molecule has 1 aliphatic heterocycles. The monoisotopic (exact) mass is 269 g/mol. The maximum Gasteiger partial charge on any atom is 0.220 e. The normalized spacial score (nSPS) is 25.7. The Bertz CT molecular complexity index is 277. The number of ether oxygens (including phenoxy) is 2. The minimum atomic E-state index is 0.206. The van der Waals surface area contributed by atoms with Crippen molar-refractivity contribution < 1.29 is 14.3 Å². The Morgan fingerprint density at radius 2 is 2.16 bits per heavy atom. The van der Waals surface area contributed by atoms with Crippen molar-refractivity contribution in [2.45, 2.75) is 63.6 Å². The first-order valence-corrected chi connectivity index (χ1v) is 7.69. The predicted molar refractivity (Wildman–Crippen MR) is 74.0 cm³/mol. The molecular formula is C15H27NO3. The molecule has 0 bridgehead atoms. The molecule has 110 valence electrons. The van der Waals surface area contributed by atoms with Crippen LogP contribution in [0, 0.1) is 5.92 Å². The van der Waals surface area contributed by atoms with Gasteiger partial charge in [0.1, 0.15) is 0 Å². The van der Waals surface area contributed by atoms with Crippen LogP contribution in [0.3, 0.4) is 0 Å². The topological polar surface area (TPSA) is 47.6 Å². The van der Waals surface area contributed by atoms with Gasteiger partial charge in [0.25, 0.3) is 0 Å². The number of rotatable bonds is 8. The van der Waals surface area contributed by atoms with Crippen molar-refractivity contribution in [2.75, 3.05) is 20.3 Å². The van der Waals surface area contributed by atoms with Gasteiger partial charge in [-0.05, 0) is 31.6 Å². The van der Waals surface area contributed by atoms with Crippen molar-refractivity contribution in [3.63, 3.8) is 0 Å². The van der Waals surface area contributed by atoms with E-state index in [-0.39, 0.29) is 12.0 Å². The first kappa shape index (κ1) is 14.8. The van der Waals surface area contributed by atoms with Gasteiger partial charge in [-0.1, -0.05) is 19.3 Å². The van der Waals surface area contributed by atoms with Crippen LogP contribution in [0.1, 0.15) is 51.4 Å². The highest BCUT2D eigenvalue weighted by atomic mass is 16.5. The molecule has 1 N–H and O–H groups in total. The van der Waals surface area contributed by atoms with Crippen LogP contribution in [-0.4, -0.2) is 38.4 Å². The average molecular weight is 269 g/mol. The van der Waals surface area contributed by atoms with E-state index in [0.717, 1.165) is 32.4 Å². The number of amides is 1. The zero-order chi connectivity index (χ0) is 13.5. The lowest BCUT2D eigenvalue weighted by molar-refractivity contribution is -0.119. The van der Waals surface area contributed by atoms with E-state index < -0.39 is 0 Å². The highest BCUT2D eigenvalue weighted by Gasteiger charge is 2.22. The van der Waals surface area contributed by atoms with Crippen LogP contribution in [-0.2, 0) is 14.3 Å². The molecule has 1 heterocycles. The van der Waals surface area contributed by atoms with Crippen molar-refractivity contribution in [1.82, 2.24) is 5.32 Å². The molecule has 2 fully saturated rings. The van der Waals surface area contributed by atoms with E-state index in [0.29, 0.717) is 18.4 Å². The van der Waals surface area contributed by atoms with E-state index in [2.05, 4.69) is 5.32 Å². The maximum atomic E-state index is 11.1. The van der Waals surface area contributed by atoms with E-state index in [4.69, 9.17) is 9.47 Å². The minimum absolute atomic E-state index is 0.206. The zero-order valence-electron chi connectivity index (χ0n) is 12.0. The summed E-state index contributed by atoms with van der Waals surface area (Å²) in [5, 5.41) is 2.89. The maximum absolute atomic E-state index is 11.1. The molecule has 1 saturated carbocycles. The van der Waals surface area contributed by atoms with Crippen LogP contribution in [0.2, 0.25) is 0 Å². The first-order chi connectivity index (χ1) is 9.28. The quantitative estimate of drug-likeness (QED) is 0.735. The van der Waals surface area contributed by atoms with Gasteiger partial charge >= 0.3 is 0 Å². The van der Waals surface area contributed by atoms with Crippen LogP contribution in [0.25, 0.3) is 0 Å². The fraction of sp³-hybridized carbons (Fsp3) is 0.933. The lowest BCUT2D eigenvalue weighted by Gasteiger charge is -2.19. The lowest BCUT2D eigenvalue weighted by atomic mass is 10.00. The second kappa shape index (κ2) is 7.85. The molecule has 2 unspecified atom stereocenters. The van der Waals surface area contributed by atoms with Gasteiger partial charge in [-0.3, -0.25) is 4.79 Å². The van der Waals surface area contributed by atoms with Gasteiger partial charge in [0, 0.05) is 20.1 Å². The van der Waals surface area contributed by atoms with Crippen molar-refractivity contribution in [2.24, 2.45) is 5.92 Å². The van der Waals surface area contributed by atoms with Gasteiger partial charge in [0.2, 0.25) is 5.91 Å². The lowest BCUT2D eigenvalue weighted by Crippen LogP contribution is -2.22. The summed E-state index contributed by atoms with van der Waals surface area (Å²) in [5.41, 5.74) is 0. The third kappa shape index (κ3) is 5.11. The van der Waals surface area contributed by atoms with Crippen LogP contribution in [0.15, 0.2) is 0 Å². The van der Waals surface area contributed by atoms with E-state index in [9.17, 15) is 4.79 Å². The first-order valence-electron chi connectivity index (χ1n) is 7.69. The summed E-state index contributed by atoms with van der Waals surface area (Å²) >= 11 is 0. The van der Waals surface area contributed by atoms with Crippen molar-refractivity contribution >= 4 is 5.91 Å². The SMILES string of the molecule is COC(CCCC1CNC(=O)C1)COC1CCCC1. The third-order valence-corrected chi connectivity index (χ3v) is 4.35. The molecule has 2 rings (SSSR count). The summed E-state index contributed by atoms with van der Waals surface area (Å²) in [4.78, 5) is 11.1. The molecule has 0 aromatic heterocycles. The van der Waals surface area contributed by atoms with Gasteiger partial charge in [-0.25, -0.2) is 0 Å². The standard InChI is InChI=1S/C15H27NO3/c1-18-14(11-19-13-6-2-3-7-13)8-4-5-12-9-15(17)16-10-12/h12-14H,2-11H2,1H3,(H,16,17). The Morgan fingerprint density at radius 1 is 1.37 bits per heavy atom. The van der Waals surface area contributed by atoms with Gasteiger partial charge in [-0.15, -0.1) is 0 Å². The highest BCUT2D eigenvalue weighted by Crippen LogP contribution is 2.22. The second-order valence-electron chi connectivity index (χ2n) is 5.90. The molecular weight excluding hydrogens is 242 g/mol. The van der Waals surface area contributed by atoms with Crippen LogP contribution in [0.5, 0.6) is 0 Å². The minimum Gasteiger partial charge on any atom is -0.379 e. The highest BCUT2D eigenvalue weighted by molar-refractivity contribution is 5.78. The Hall–Kier alpha value is -0.610. The average Bonchev–Trinajstić information content (AvgIpc) is 3.05. The van der Waals surface area contributed by atoms with Gasteiger partial charge in [-0.2, -0.15) is 0 Å². The molecule has 0 aromatic rings. The summed E-state index contributed by atoms with van der Waals surface area (Å²) in [7, 11) is 1.77. The molecule has 1 amide bonds. The number of methoxy groups -OCH3 is 1. The van der Waals surface area contributed by atoms with Crippen molar-refractivity contribution in [3.05, 3.63) is 0 Å². The van der Waals surface area contributed by atoms with E-state index in [1.165, 1.54) is 25.7 Å². The smallest absolute Gasteiger partial charge is 0.220 e. The van der Waals surface area contributed by atoms with Crippen LogP contribution >= 0.6 is 0 Å². The fourth-order valence-electron chi connectivity index (χ4n) is 3.07. The van der Waals surface area contributed by atoms with E-state index in [1.807, 2.05) is 0 Å². The summed E-state index contributed by atoms with van der Waals surface area (Å²) in [6.07, 6.45) is 9.70. The van der Waals surface area contributed by atoms with Gasteiger partial charge in [0.05, 0.1) is 18.8 Å². The van der Waals surface area contributed by atoms with Crippen molar-refractivity contribution in [1.29, 1.82) is 0 Å². The molecule has 1 saturated heterocycles. The summed E-state index contributed by atoms with van der Waals surface area (Å²) in [6.45, 7) is 1.58. The Labute approximate surface area is 116 Å². The largest absolute Gasteiger partial charge is 0.379 e. The summed E-state index contributed by atoms with van der Waals surface area (Å²) < 4.78 is 11.4. The van der Waals surface area contributed by atoms with Gasteiger partial charge < -0.3 is 14.8 Å². The fourth-order valence-corrected chi connectivity index (χ4v) is 3.07. The number of hydrogen-bond donors (Lipinski definition) is 1. The van der Waals surface area contributed by atoms with E-state index >= 15 is 0 Å². The molecule has 2 atom stereocenters. The molecule has 4 heteroatoms. The second-order valence-corrected chi connectivity index (χ2v) is 5.90. The number of carbonyl (C=O) groups is 1. The molecule has 0 radical (unpaired) electrons. The molecule has 2 aliphatic rings. The summed E-state index contributed by atoms with van der Waals surface area (Å²) in [6, 6.07) is 0. The third-order valence-electron chi connectivity index (χ3n) is 4.35. The Balaban J connectivity index is 1.55. The number of carbonyl (C=O) groups excluding carboxylic acids is 1. The number of hydrogen-bond acceptors (Lipinski definition) is 3. The number of nitrogens with one attached hydrogen (secondary N) is 1. The van der Waals surface area contributed by atoms with Crippen molar-refractivity contribution in [3.8, 4) is 0 Å². The van der Waals surface area contributed by atoms with Crippen LogP contribution in [0.4, 0.5) is 0 Å².